The maximum atomic E-state index is 12.6. The lowest BCUT2D eigenvalue weighted by Crippen LogP contribution is -2.29. The second-order valence-electron chi connectivity index (χ2n) is 6.17. The fourth-order valence-electron chi connectivity index (χ4n) is 3.27. The van der Waals surface area contributed by atoms with Crippen LogP contribution < -0.4 is 0 Å². The first-order chi connectivity index (χ1) is 10.1. The van der Waals surface area contributed by atoms with Gasteiger partial charge < -0.3 is 9.64 Å². The molecule has 3 rings (SSSR count). The van der Waals surface area contributed by atoms with Gasteiger partial charge in [0.2, 0.25) is 0 Å². The summed E-state index contributed by atoms with van der Waals surface area (Å²) >= 11 is 1.64. The average molecular weight is 307 g/mol. The van der Waals surface area contributed by atoms with Crippen molar-refractivity contribution in [2.45, 2.75) is 32.6 Å². The smallest absolute Gasteiger partial charge is 0.310 e. The Kier molecular flexibility index (Phi) is 4.02. The number of hydrogen-bond acceptors (Lipinski definition) is 4. The lowest BCUT2D eigenvalue weighted by atomic mass is 9.90. The van der Waals surface area contributed by atoms with E-state index in [1.165, 1.54) is 24.0 Å². The maximum Gasteiger partial charge on any atom is 0.310 e. The Hall–Kier alpha value is -1.36. The Morgan fingerprint density at radius 1 is 1.38 bits per heavy atom. The summed E-state index contributed by atoms with van der Waals surface area (Å²) in [6, 6.07) is 2.07. The van der Waals surface area contributed by atoms with Crippen molar-refractivity contribution in [2.24, 2.45) is 11.8 Å². The number of amides is 1. The van der Waals surface area contributed by atoms with E-state index >= 15 is 0 Å². The third-order valence-electron chi connectivity index (χ3n) is 4.55. The summed E-state index contributed by atoms with van der Waals surface area (Å²) < 4.78 is 4.77. The largest absolute Gasteiger partial charge is 0.469 e. The van der Waals surface area contributed by atoms with Gasteiger partial charge in [-0.05, 0) is 43.2 Å². The van der Waals surface area contributed by atoms with Gasteiger partial charge in [0.15, 0.2) is 0 Å². The number of aryl methyl sites for hydroxylation is 1. The summed E-state index contributed by atoms with van der Waals surface area (Å²) in [6.07, 6.45) is 4.11. The number of esters is 1. The highest BCUT2D eigenvalue weighted by atomic mass is 32.1. The molecule has 2 atom stereocenters. The highest BCUT2D eigenvalue weighted by Gasteiger charge is 2.33. The molecule has 0 bridgehead atoms. The van der Waals surface area contributed by atoms with Crippen molar-refractivity contribution >= 4 is 23.2 Å². The van der Waals surface area contributed by atoms with Crippen molar-refractivity contribution in [1.82, 2.24) is 4.90 Å². The van der Waals surface area contributed by atoms with Crippen molar-refractivity contribution < 1.29 is 14.3 Å². The molecule has 1 aliphatic heterocycles. The van der Waals surface area contributed by atoms with E-state index in [4.69, 9.17) is 4.74 Å². The molecule has 5 heteroatoms. The summed E-state index contributed by atoms with van der Waals surface area (Å²) in [6.45, 7) is 3.41. The average Bonchev–Trinajstić information content (AvgIpc) is 3.11. The highest BCUT2D eigenvalue weighted by Crippen LogP contribution is 2.33. The highest BCUT2D eigenvalue weighted by molar-refractivity contribution is 7.14. The van der Waals surface area contributed by atoms with Gasteiger partial charge in [-0.15, -0.1) is 11.3 Å². The molecule has 1 aromatic heterocycles. The number of likely N-dealkylation sites (tertiary alicyclic amines) is 1. The summed E-state index contributed by atoms with van der Waals surface area (Å²) in [5.41, 5.74) is 1.35. The Bertz CT molecular complexity index is 566. The van der Waals surface area contributed by atoms with Crippen LogP contribution in [0.4, 0.5) is 0 Å². The van der Waals surface area contributed by atoms with Gasteiger partial charge in [-0.1, -0.05) is 6.92 Å². The van der Waals surface area contributed by atoms with Gasteiger partial charge in [-0.2, -0.15) is 0 Å². The van der Waals surface area contributed by atoms with Gasteiger partial charge in [-0.3, -0.25) is 9.59 Å². The number of carbonyl (C=O) groups is 2. The van der Waals surface area contributed by atoms with Crippen LogP contribution in [0.25, 0.3) is 0 Å². The molecule has 114 valence electrons. The number of fused-ring (bicyclic) bond motifs is 1. The second kappa shape index (κ2) is 5.79. The van der Waals surface area contributed by atoms with E-state index in [-0.39, 0.29) is 17.8 Å². The van der Waals surface area contributed by atoms with Gasteiger partial charge in [0.05, 0.1) is 17.9 Å². The quantitative estimate of drug-likeness (QED) is 0.789. The fourth-order valence-corrected chi connectivity index (χ4v) is 4.45. The maximum absolute atomic E-state index is 12.6. The van der Waals surface area contributed by atoms with Gasteiger partial charge >= 0.3 is 5.97 Å². The number of nitrogens with zero attached hydrogens (tertiary/aromatic N) is 1. The van der Waals surface area contributed by atoms with E-state index in [9.17, 15) is 9.59 Å². The number of rotatable bonds is 2. The molecule has 1 amide bonds. The van der Waals surface area contributed by atoms with Crippen LogP contribution in [0.15, 0.2) is 6.07 Å². The van der Waals surface area contributed by atoms with Gasteiger partial charge in [0.1, 0.15) is 0 Å². The molecule has 2 aliphatic rings. The summed E-state index contributed by atoms with van der Waals surface area (Å²) in [7, 11) is 1.40. The molecule has 1 fully saturated rings. The Morgan fingerprint density at radius 2 is 2.19 bits per heavy atom. The first-order valence-electron chi connectivity index (χ1n) is 7.57. The van der Waals surface area contributed by atoms with Crippen molar-refractivity contribution in [2.75, 3.05) is 20.2 Å². The van der Waals surface area contributed by atoms with Crippen molar-refractivity contribution in [3.8, 4) is 0 Å². The molecule has 0 N–H and O–H groups in total. The molecule has 0 spiro atoms. The zero-order valence-corrected chi connectivity index (χ0v) is 13.4. The molecule has 2 unspecified atom stereocenters. The first kappa shape index (κ1) is 14.6. The Morgan fingerprint density at radius 3 is 2.95 bits per heavy atom. The van der Waals surface area contributed by atoms with Crippen molar-refractivity contribution in [3.63, 3.8) is 0 Å². The van der Waals surface area contributed by atoms with Crippen LogP contribution in [-0.2, 0) is 22.4 Å². The van der Waals surface area contributed by atoms with Crippen LogP contribution in [0.1, 0.15) is 39.9 Å². The van der Waals surface area contributed by atoms with Gasteiger partial charge in [-0.25, -0.2) is 0 Å². The van der Waals surface area contributed by atoms with Crippen LogP contribution in [0.3, 0.4) is 0 Å². The SMILES string of the molecule is COC(=O)C1CCN(C(=O)c2cc3c(s2)CCC(C)C3)C1. The van der Waals surface area contributed by atoms with Gasteiger partial charge in [0.25, 0.3) is 5.91 Å². The molecule has 2 heterocycles. The second-order valence-corrected chi connectivity index (χ2v) is 7.30. The number of methoxy groups -OCH3 is 1. The zero-order valence-electron chi connectivity index (χ0n) is 12.6. The third kappa shape index (κ3) is 2.84. The predicted octanol–water partition coefficient (Wildman–Crippen LogP) is 2.51. The molecule has 0 radical (unpaired) electrons. The standard InChI is InChI=1S/C16H21NO3S/c1-10-3-4-13-12(7-10)8-14(21-13)15(18)17-6-5-11(9-17)16(19)20-2/h8,10-11H,3-7,9H2,1-2H3. The van der Waals surface area contributed by atoms with Crippen LogP contribution in [0.2, 0.25) is 0 Å². The lowest BCUT2D eigenvalue weighted by molar-refractivity contribution is -0.144. The minimum Gasteiger partial charge on any atom is -0.469 e. The predicted molar refractivity (Wildman–Crippen MR) is 81.5 cm³/mol. The third-order valence-corrected chi connectivity index (χ3v) is 5.78. The molecular formula is C16H21NO3S. The molecule has 4 nitrogen and oxygen atoms in total. The molecule has 21 heavy (non-hydrogen) atoms. The number of carbonyl (C=O) groups excluding carboxylic acids is 2. The van der Waals surface area contributed by atoms with E-state index in [0.29, 0.717) is 25.4 Å². The minimum absolute atomic E-state index is 0.0773. The lowest BCUT2D eigenvalue weighted by Gasteiger charge is -2.16. The summed E-state index contributed by atoms with van der Waals surface area (Å²) in [5, 5.41) is 0. The van der Waals surface area contributed by atoms with E-state index < -0.39 is 0 Å². The number of hydrogen-bond donors (Lipinski definition) is 0. The Labute approximate surface area is 129 Å². The topological polar surface area (TPSA) is 46.6 Å². The molecule has 0 aromatic carbocycles. The Balaban J connectivity index is 1.70. The van der Waals surface area contributed by atoms with Crippen LogP contribution in [0.5, 0.6) is 0 Å². The van der Waals surface area contributed by atoms with Crippen LogP contribution >= 0.6 is 11.3 Å². The van der Waals surface area contributed by atoms with Crippen LogP contribution in [0, 0.1) is 11.8 Å². The number of ether oxygens (including phenoxy) is 1. The van der Waals surface area contributed by atoms with Gasteiger partial charge in [0, 0.05) is 18.0 Å². The molecule has 1 aliphatic carbocycles. The van der Waals surface area contributed by atoms with Crippen molar-refractivity contribution in [3.05, 3.63) is 21.4 Å². The molecule has 1 saturated heterocycles. The van der Waals surface area contributed by atoms with E-state index in [1.807, 2.05) is 0 Å². The molecule has 0 saturated carbocycles. The summed E-state index contributed by atoms with van der Waals surface area (Å²) in [4.78, 5) is 28.1. The zero-order chi connectivity index (χ0) is 15.0. The first-order valence-corrected chi connectivity index (χ1v) is 8.38. The molecular weight excluding hydrogens is 286 g/mol. The normalized spacial score (nSPS) is 24.8. The van der Waals surface area contributed by atoms with E-state index in [0.717, 1.165) is 17.7 Å². The molecule has 1 aromatic rings. The summed E-state index contributed by atoms with van der Waals surface area (Å²) in [5.74, 6) is 0.428. The fraction of sp³-hybridized carbons (Fsp3) is 0.625. The monoisotopic (exact) mass is 307 g/mol. The van der Waals surface area contributed by atoms with Crippen molar-refractivity contribution in [1.29, 1.82) is 0 Å². The number of thiophene rings is 1. The minimum atomic E-state index is -0.204. The van der Waals surface area contributed by atoms with E-state index in [2.05, 4.69) is 13.0 Å². The van der Waals surface area contributed by atoms with Crippen LogP contribution in [-0.4, -0.2) is 37.0 Å². The van der Waals surface area contributed by atoms with E-state index in [1.54, 1.807) is 16.2 Å².